The summed E-state index contributed by atoms with van der Waals surface area (Å²) >= 11 is 0. The van der Waals surface area contributed by atoms with Crippen molar-refractivity contribution in [1.82, 2.24) is 0 Å². The molecule has 0 saturated heterocycles. The molecule has 0 rings (SSSR count). The molecule has 0 bridgehead atoms. The molecule has 4 N–H and O–H groups in total. The quantitative estimate of drug-likeness (QED) is 0.459. The van der Waals surface area contributed by atoms with Crippen molar-refractivity contribution in [2.24, 2.45) is 11.5 Å². The van der Waals surface area contributed by atoms with Crippen molar-refractivity contribution >= 4 is 12.4 Å². The molecular weight excluding hydrogens is 87.5 g/mol. The van der Waals surface area contributed by atoms with Gasteiger partial charge in [0.15, 0.2) is 0 Å². The number of hydrogen-bond acceptors (Lipinski definition) is 2. The smallest absolute Gasteiger partial charge is 0.0439 e. The third-order valence-electron chi connectivity index (χ3n) is 0.0833. The van der Waals surface area contributed by atoms with Gasteiger partial charge in [0.1, 0.15) is 0 Å². The highest BCUT2D eigenvalue weighted by Crippen LogP contribution is 1.24. The summed E-state index contributed by atoms with van der Waals surface area (Å²) in [5, 5.41) is 0. The van der Waals surface area contributed by atoms with Crippen molar-refractivity contribution in [3.05, 3.63) is 0 Å². The number of halogens is 1. The highest BCUT2D eigenvalue weighted by Gasteiger charge is 1.54. The molecule has 0 radical (unpaired) electrons. The van der Waals surface area contributed by atoms with E-state index in [2.05, 4.69) is 11.5 Å². The van der Waals surface area contributed by atoms with Crippen LogP contribution in [0.5, 0.6) is 0 Å². The number of hydrogen-bond donors (Lipinski definition) is 2. The van der Waals surface area contributed by atoms with Crippen LogP contribution in [0, 0.1) is 0 Å². The highest BCUT2D eigenvalue weighted by molar-refractivity contribution is 5.85. The van der Waals surface area contributed by atoms with Crippen LogP contribution in [0.25, 0.3) is 0 Å². The molecule has 0 aliphatic carbocycles. The average molecular weight is 101 g/mol. The molecule has 34 valence electrons. The SMILES string of the molecule is Cl.[2H]C([2H])(N)C([2H])([2H])N. The topological polar surface area (TPSA) is 52.0 Å². The molecule has 0 spiro atoms. The Morgan fingerprint density at radius 3 is 1.60 bits per heavy atom. The molecule has 0 aliphatic heterocycles. The molecule has 2 nitrogen and oxygen atoms in total. The van der Waals surface area contributed by atoms with Crippen molar-refractivity contribution in [2.45, 2.75) is 0 Å². The number of nitrogens with two attached hydrogens (primary N) is 2. The first kappa shape index (κ1) is 1.78. The lowest BCUT2D eigenvalue weighted by atomic mass is 10.7. The Balaban J connectivity index is 0. The first-order valence-corrected chi connectivity index (χ1v) is 0.827. The molecule has 0 aromatic carbocycles. The van der Waals surface area contributed by atoms with E-state index in [9.17, 15) is 0 Å². The fraction of sp³-hybridized carbons (Fsp3) is 1.00. The minimum absolute atomic E-state index is 0. The standard InChI is InChI=1S/C2H8N2.ClH/c3-1-2-4;/h1-4H2;1H/i1D2,2D2;. The van der Waals surface area contributed by atoms with Gasteiger partial charge >= 0.3 is 0 Å². The molecule has 0 atom stereocenters. The zero-order chi connectivity index (χ0) is 7.00. The fourth-order valence-corrected chi connectivity index (χ4v) is 0. The predicted octanol–water partition coefficient (Wildman–Crippen LogP) is -0.674. The molecule has 0 aliphatic rings. The summed E-state index contributed by atoms with van der Waals surface area (Å²) in [5.74, 6) is 0. The molecule has 0 aromatic rings. The Labute approximate surface area is 43.6 Å². The predicted molar refractivity (Wildman–Crippen MR) is 25.4 cm³/mol. The highest BCUT2D eigenvalue weighted by atomic mass is 35.5. The van der Waals surface area contributed by atoms with Crippen LogP contribution in [0.15, 0.2) is 0 Å². The second kappa shape index (κ2) is 8.88. The maximum Gasteiger partial charge on any atom is 0.0439 e. The molecule has 0 heterocycles. The minimum atomic E-state index is -2.45. The van der Waals surface area contributed by atoms with E-state index in [1.807, 2.05) is 0 Å². The van der Waals surface area contributed by atoms with Crippen LogP contribution in [0.3, 0.4) is 0 Å². The van der Waals surface area contributed by atoms with Crippen LogP contribution in [0.2, 0.25) is 0 Å². The van der Waals surface area contributed by atoms with Crippen molar-refractivity contribution in [1.29, 1.82) is 0 Å². The van der Waals surface area contributed by atoms with Crippen molar-refractivity contribution < 1.29 is 5.48 Å². The van der Waals surface area contributed by atoms with Crippen LogP contribution in [0.4, 0.5) is 0 Å². The Morgan fingerprint density at radius 1 is 1.40 bits per heavy atom. The van der Waals surface area contributed by atoms with Crippen molar-refractivity contribution in [2.75, 3.05) is 13.0 Å². The zero-order valence-corrected chi connectivity index (χ0v) is 3.38. The second-order valence-electron chi connectivity index (χ2n) is 0.289. The zero-order valence-electron chi connectivity index (χ0n) is 6.56. The van der Waals surface area contributed by atoms with Crippen LogP contribution >= 0.6 is 12.4 Å². The molecule has 0 unspecified atom stereocenters. The first-order valence-electron chi connectivity index (χ1n) is 2.83. The van der Waals surface area contributed by atoms with Crippen LogP contribution in [-0.4, -0.2) is 13.0 Å². The van der Waals surface area contributed by atoms with Crippen LogP contribution in [0.1, 0.15) is 5.48 Å². The van der Waals surface area contributed by atoms with E-state index in [-0.39, 0.29) is 12.4 Å². The Hall–Kier alpha value is 0.210. The Kier molecular flexibility index (Phi) is 3.16. The largest absolute Gasteiger partial charge is 0.329 e. The van der Waals surface area contributed by atoms with Gasteiger partial charge in [-0.05, 0) is 0 Å². The van der Waals surface area contributed by atoms with Gasteiger partial charge in [0.2, 0.25) is 0 Å². The molecule has 0 aromatic heterocycles. The van der Waals surface area contributed by atoms with E-state index in [1.165, 1.54) is 0 Å². The molecule has 0 saturated carbocycles. The van der Waals surface area contributed by atoms with E-state index in [1.54, 1.807) is 0 Å². The third-order valence-corrected chi connectivity index (χ3v) is 0.0833. The van der Waals surface area contributed by atoms with E-state index < -0.39 is 13.0 Å². The van der Waals surface area contributed by atoms with Crippen molar-refractivity contribution in [3.8, 4) is 0 Å². The van der Waals surface area contributed by atoms with E-state index in [0.29, 0.717) is 0 Å². The lowest BCUT2D eigenvalue weighted by molar-refractivity contribution is 0.976. The van der Waals surface area contributed by atoms with Gasteiger partial charge in [-0.15, -0.1) is 12.4 Å². The average Bonchev–Trinajstić information content (AvgIpc) is 1.25. The van der Waals surface area contributed by atoms with E-state index in [4.69, 9.17) is 5.48 Å². The summed E-state index contributed by atoms with van der Waals surface area (Å²) in [4.78, 5) is 0. The molecule has 0 fully saturated rings. The van der Waals surface area contributed by atoms with Gasteiger partial charge in [-0.1, -0.05) is 0 Å². The summed E-state index contributed by atoms with van der Waals surface area (Å²) in [7, 11) is 0. The monoisotopic (exact) mass is 100 g/mol. The minimum Gasteiger partial charge on any atom is -0.329 e. The van der Waals surface area contributed by atoms with Crippen molar-refractivity contribution in [3.63, 3.8) is 0 Å². The fourth-order valence-electron chi connectivity index (χ4n) is 0. The lowest BCUT2D eigenvalue weighted by Crippen LogP contribution is -2.11. The second-order valence-corrected chi connectivity index (χ2v) is 0.289. The third kappa shape index (κ3) is 14.0. The molecule has 3 heteroatoms. The summed E-state index contributed by atoms with van der Waals surface area (Å²) in [6.45, 7) is -4.90. The van der Waals surface area contributed by atoms with Gasteiger partial charge < -0.3 is 11.5 Å². The van der Waals surface area contributed by atoms with E-state index >= 15 is 0 Å². The van der Waals surface area contributed by atoms with Gasteiger partial charge in [0.25, 0.3) is 0 Å². The van der Waals surface area contributed by atoms with E-state index in [0.717, 1.165) is 0 Å². The summed E-state index contributed by atoms with van der Waals surface area (Å²) in [6, 6.07) is 0. The maximum absolute atomic E-state index is 6.53. The molecule has 0 amide bonds. The van der Waals surface area contributed by atoms with Crippen LogP contribution in [-0.2, 0) is 0 Å². The Bertz CT molecular complexity index is 71.5. The summed E-state index contributed by atoms with van der Waals surface area (Å²) in [6.07, 6.45) is 0. The summed E-state index contributed by atoms with van der Waals surface area (Å²) < 4.78 is 26.1. The molecule has 5 heavy (non-hydrogen) atoms. The summed E-state index contributed by atoms with van der Waals surface area (Å²) in [5.41, 5.74) is 9.29. The lowest BCUT2D eigenvalue weighted by Gasteiger charge is -1.72. The van der Waals surface area contributed by atoms with Gasteiger partial charge in [0.05, 0.1) is 0 Å². The Morgan fingerprint density at radius 2 is 1.60 bits per heavy atom. The maximum atomic E-state index is 6.53. The number of rotatable bonds is 1. The normalized spacial score (nSPS) is 23.6. The van der Waals surface area contributed by atoms with Crippen LogP contribution < -0.4 is 11.5 Å². The van der Waals surface area contributed by atoms with Gasteiger partial charge in [-0.3, -0.25) is 0 Å². The molecular formula is C2H9ClN2. The first-order chi connectivity index (χ1) is 3.25. The van der Waals surface area contributed by atoms with Gasteiger partial charge in [0, 0.05) is 18.5 Å². The van der Waals surface area contributed by atoms with Gasteiger partial charge in [-0.2, -0.15) is 0 Å². The van der Waals surface area contributed by atoms with Gasteiger partial charge in [-0.25, -0.2) is 0 Å².